The van der Waals surface area contributed by atoms with Gasteiger partial charge in [-0.05, 0) is 44.9 Å². The SMILES string of the molecule is COc1cccc(OC)c1OCC(O)CNC(=O)c1cc(C)n(C2CCCCC2)c1C. The first-order chi connectivity index (χ1) is 15.0. The molecule has 1 unspecified atom stereocenters. The molecule has 0 saturated heterocycles. The molecule has 3 rings (SSSR count). The Hall–Kier alpha value is -2.67. The van der Waals surface area contributed by atoms with E-state index in [2.05, 4.69) is 16.8 Å². The second-order valence-corrected chi connectivity index (χ2v) is 8.11. The molecule has 1 heterocycles. The van der Waals surface area contributed by atoms with Gasteiger partial charge in [-0.2, -0.15) is 0 Å². The second-order valence-electron chi connectivity index (χ2n) is 8.11. The van der Waals surface area contributed by atoms with Crippen molar-refractivity contribution in [3.05, 3.63) is 41.2 Å². The number of nitrogens with one attached hydrogen (secondary N) is 1. The van der Waals surface area contributed by atoms with Gasteiger partial charge in [-0.25, -0.2) is 0 Å². The van der Waals surface area contributed by atoms with Gasteiger partial charge < -0.3 is 29.2 Å². The predicted molar refractivity (Wildman–Crippen MR) is 119 cm³/mol. The topological polar surface area (TPSA) is 82.0 Å². The van der Waals surface area contributed by atoms with E-state index in [4.69, 9.17) is 14.2 Å². The number of aryl methyl sites for hydroxylation is 1. The highest BCUT2D eigenvalue weighted by molar-refractivity contribution is 5.95. The minimum atomic E-state index is -0.875. The third-order valence-corrected chi connectivity index (χ3v) is 5.97. The standard InChI is InChI=1S/C24H34N2O5/c1-16-13-20(17(2)26(16)18-9-6-5-7-10-18)24(28)25-14-19(27)15-31-23-21(29-3)11-8-12-22(23)30-4/h8,11-13,18-19,27H,5-7,9-10,14-15H2,1-4H3,(H,25,28). The van der Waals surface area contributed by atoms with Crippen molar-refractivity contribution in [2.24, 2.45) is 0 Å². The summed E-state index contributed by atoms with van der Waals surface area (Å²) < 4.78 is 18.6. The lowest BCUT2D eigenvalue weighted by Crippen LogP contribution is -2.35. The number of carbonyl (C=O) groups is 1. The summed E-state index contributed by atoms with van der Waals surface area (Å²) in [6.07, 6.45) is 5.24. The van der Waals surface area contributed by atoms with Crippen molar-refractivity contribution in [1.29, 1.82) is 0 Å². The molecule has 1 fully saturated rings. The smallest absolute Gasteiger partial charge is 0.253 e. The van der Waals surface area contributed by atoms with Gasteiger partial charge in [-0.3, -0.25) is 4.79 Å². The Morgan fingerprint density at radius 2 is 1.81 bits per heavy atom. The molecule has 0 spiro atoms. The fourth-order valence-corrected chi connectivity index (χ4v) is 4.41. The highest BCUT2D eigenvalue weighted by Gasteiger charge is 2.23. The van der Waals surface area contributed by atoms with Gasteiger partial charge in [0.05, 0.1) is 19.8 Å². The van der Waals surface area contributed by atoms with E-state index < -0.39 is 6.10 Å². The van der Waals surface area contributed by atoms with Crippen LogP contribution in [0.4, 0.5) is 0 Å². The van der Waals surface area contributed by atoms with Crippen molar-refractivity contribution in [3.63, 3.8) is 0 Å². The highest BCUT2D eigenvalue weighted by atomic mass is 16.5. The second kappa shape index (κ2) is 10.6. The third-order valence-electron chi connectivity index (χ3n) is 5.97. The summed E-state index contributed by atoms with van der Waals surface area (Å²) in [5, 5.41) is 13.2. The van der Waals surface area contributed by atoms with Gasteiger partial charge in [0.2, 0.25) is 5.75 Å². The van der Waals surface area contributed by atoms with Gasteiger partial charge in [-0.1, -0.05) is 25.3 Å². The number of hydrogen-bond acceptors (Lipinski definition) is 5. The molecule has 1 aliphatic carbocycles. The van der Waals surface area contributed by atoms with Crippen molar-refractivity contribution < 1.29 is 24.1 Å². The average Bonchev–Trinajstić information content (AvgIpc) is 3.10. The van der Waals surface area contributed by atoms with E-state index >= 15 is 0 Å². The molecule has 1 aromatic heterocycles. The predicted octanol–water partition coefficient (Wildman–Crippen LogP) is 3.80. The first kappa shape index (κ1) is 23.0. The zero-order valence-corrected chi connectivity index (χ0v) is 18.9. The van der Waals surface area contributed by atoms with Crippen LogP contribution in [0, 0.1) is 13.8 Å². The molecule has 7 nitrogen and oxygen atoms in total. The average molecular weight is 431 g/mol. The number of rotatable bonds is 9. The van der Waals surface area contributed by atoms with E-state index in [1.54, 1.807) is 32.4 Å². The summed E-state index contributed by atoms with van der Waals surface area (Å²) in [5.74, 6) is 1.29. The van der Waals surface area contributed by atoms with Crippen molar-refractivity contribution >= 4 is 5.91 Å². The van der Waals surface area contributed by atoms with Gasteiger partial charge in [0.1, 0.15) is 12.7 Å². The van der Waals surface area contributed by atoms with Crippen LogP contribution in [0.15, 0.2) is 24.3 Å². The Morgan fingerprint density at radius 1 is 1.16 bits per heavy atom. The Morgan fingerprint density at radius 3 is 2.42 bits per heavy atom. The minimum absolute atomic E-state index is 0.00188. The molecule has 0 aliphatic heterocycles. The molecule has 7 heteroatoms. The summed E-state index contributed by atoms with van der Waals surface area (Å²) in [7, 11) is 3.09. The van der Waals surface area contributed by atoms with E-state index in [-0.39, 0.29) is 19.1 Å². The number of aliphatic hydroxyl groups is 1. The molecule has 170 valence electrons. The summed E-state index contributed by atoms with van der Waals surface area (Å²) in [6, 6.07) is 7.74. The van der Waals surface area contributed by atoms with Crippen LogP contribution in [0.1, 0.15) is 59.9 Å². The number of hydrogen-bond donors (Lipinski definition) is 2. The Labute approximate surface area is 184 Å². The lowest BCUT2D eigenvalue weighted by atomic mass is 9.95. The monoisotopic (exact) mass is 430 g/mol. The van der Waals surface area contributed by atoms with E-state index in [0.717, 1.165) is 11.4 Å². The molecule has 1 atom stereocenters. The van der Waals surface area contributed by atoms with Crippen molar-refractivity contribution in [2.75, 3.05) is 27.4 Å². The minimum Gasteiger partial charge on any atom is -0.493 e. The van der Waals surface area contributed by atoms with Crippen LogP contribution in [-0.4, -0.2) is 49.1 Å². The van der Waals surface area contributed by atoms with E-state index in [1.165, 1.54) is 32.1 Å². The Bertz CT molecular complexity index is 864. The van der Waals surface area contributed by atoms with Crippen molar-refractivity contribution in [3.8, 4) is 17.2 Å². The number of aliphatic hydroxyl groups excluding tert-OH is 1. The molecule has 31 heavy (non-hydrogen) atoms. The summed E-state index contributed by atoms with van der Waals surface area (Å²) in [6.45, 7) is 4.15. The van der Waals surface area contributed by atoms with Gasteiger partial charge in [0.15, 0.2) is 11.5 Å². The van der Waals surface area contributed by atoms with E-state index in [9.17, 15) is 9.90 Å². The number of carbonyl (C=O) groups excluding carboxylic acids is 1. The summed E-state index contributed by atoms with van der Waals surface area (Å²) >= 11 is 0. The van der Waals surface area contributed by atoms with Gasteiger partial charge in [0, 0.05) is 24.0 Å². The van der Waals surface area contributed by atoms with Crippen LogP contribution >= 0.6 is 0 Å². The number of para-hydroxylation sites is 1. The molecule has 1 aromatic carbocycles. The lowest BCUT2D eigenvalue weighted by molar-refractivity contribution is 0.0833. The molecular formula is C24H34N2O5. The Kier molecular flexibility index (Phi) is 7.85. The molecule has 1 saturated carbocycles. The number of ether oxygens (including phenoxy) is 3. The molecular weight excluding hydrogens is 396 g/mol. The summed E-state index contributed by atoms with van der Waals surface area (Å²) in [4.78, 5) is 12.8. The van der Waals surface area contributed by atoms with Crippen LogP contribution in [0.3, 0.4) is 0 Å². The number of benzene rings is 1. The van der Waals surface area contributed by atoms with E-state index in [1.807, 2.05) is 13.0 Å². The molecule has 0 bridgehead atoms. The highest BCUT2D eigenvalue weighted by Crippen LogP contribution is 2.36. The summed E-state index contributed by atoms with van der Waals surface area (Å²) in [5.41, 5.74) is 2.77. The van der Waals surface area contributed by atoms with Crippen LogP contribution in [-0.2, 0) is 0 Å². The number of methoxy groups -OCH3 is 2. The van der Waals surface area contributed by atoms with E-state index in [0.29, 0.717) is 28.9 Å². The first-order valence-corrected chi connectivity index (χ1v) is 10.9. The van der Waals surface area contributed by atoms with Crippen LogP contribution in [0.2, 0.25) is 0 Å². The van der Waals surface area contributed by atoms with Crippen LogP contribution < -0.4 is 19.5 Å². The number of nitrogens with zero attached hydrogens (tertiary/aromatic N) is 1. The van der Waals surface area contributed by atoms with Gasteiger partial charge >= 0.3 is 0 Å². The van der Waals surface area contributed by atoms with Crippen molar-refractivity contribution in [1.82, 2.24) is 9.88 Å². The Balaban J connectivity index is 1.58. The number of aromatic nitrogens is 1. The normalized spacial score (nSPS) is 15.4. The molecule has 2 N–H and O–H groups in total. The lowest BCUT2D eigenvalue weighted by Gasteiger charge is -2.26. The quantitative estimate of drug-likeness (QED) is 0.632. The van der Waals surface area contributed by atoms with Crippen LogP contribution in [0.5, 0.6) is 17.2 Å². The van der Waals surface area contributed by atoms with Crippen molar-refractivity contribution in [2.45, 2.75) is 58.1 Å². The third kappa shape index (κ3) is 5.34. The molecule has 2 aromatic rings. The number of amides is 1. The zero-order chi connectivity index (χ0) is 22.4. The maximum absolute atomic E-state index is 12.8. The van der Waals surface area contributed by atoms with Gasteiger partial charge in [0.25, 0.3) is 5.91 Å². The molecule has 1 amide bonds. The maximum Gasteiger partial charge on any atom is 0.253 e. The maximum atomic E-state index is 12.8. The fraction of sp³-hybridized carbons (Fsp3) is 0.542. The molecule has 1 aliphatic rings. The van der Waals surface area contributed by atoms with Gasteiger partial charge in [-0.15, -0.1) is 0 Å². The molecule has 0 radical (unpaired) electrons. The first-order valence-electron chi connectivity index (χ1n) is 10.9. The fourth-order valence-electron chi connectivity index (χ4n) is 4.41. The largest absolute Gasteiger partial charge is 0.493 e. The van der Waals surface area contributed by atoms with Crippen LogP contribution in [0.25, 0.3) is 0 Å². The zero-order valence-electron chi connectivity index (χ0n) is 18.9.